The van der Waals surface area contributed by atoms with Crippen LogP contribution in [0.2, 0.25) is 0 Å². The van der Waals surface area contributed by atoms with Gasteiger partial charge in [-0.1, -0.05) is 43.9 Å². The highest BCUT2D eigenvalue weighted by molar-refractivity contribution is 5.74. The number of carbonyl (C=O) groups is 1. The zero-order chi connectivity index (χ0) is 13.1. The van der Waals surface area contributed by atoms with Gasteiger partial charge in [0.25, 0.3) is 0 Å². The lowest BCUT2D eigenvalue weighted by molar-refractivity contribution is 0.112. The second-order valence-electron chi connectivity index (χ2n) is 4.69. The Balaban J connectivity index is 2.07. The van der Waals surface area contributed by atoms with E-state index in [1.807, 2.05) is 18.2 Å². The van der Waals surface area contributed by atoms with Crippen LogP contribution in [-0.4, -0.2) is 6.29 Å². The lowest BCUT2D eigenvalue weighted by atomic mass is 10.0. The molecule has 0 saturated carbocycles. The summed E-state index contributed by atoms with van der Waals surface area (Å²) < 4.78 is 0. The van der Waals surface area contributed by atoms with Crippen molar-refractivity contribution in [2.45, 2.75) is 51.4 Å². The average molecular weight is 242 g/mol. The Kier molecular flexibility index (Phi) is 7.64. The molecule has 1 aromatic carbocycles. The van der Waals surface area contributed by atoms with E-state index >= 15 is 0 Å². The first-order chi connectivity index (χ1) is 8.86. The Labute approximate surface area is 111 Å². The van der Waals surface area contributed by atoms with Crippen molar-refractivity contribution in [2.75, 3.05) is 0 Å². The zero-order valence-electron chi connectivity index (χ0n) is 11.0. The number of aldehydes is 1. The van der Waals surface area contributed by atoms with Gasteiger partial charge >= 0.3 is 0 Å². The molecule has 1 nitrogen and oxygen atoms in total. The maximum Gasteiger partial charge on any atom is 0.150 e. The highest BCUT2D eigenvalue weighted by atomic mass is 16.1. The van der Waals surface area contributed by atoms with Gasteiger partial charge in [0.1, 0.15) is 6.29 Å². The molecule has 0 saturated heterocycles. The summed E-state index contributed by atoms with van der Waals surface area (Å²) in [5, 5.41) is 0. The van der Waals surface area contributed by atoms with Gasteiger partial charge < -0.3 is 0 Å². The van der Waals surface area contributed by atoms with E-state index in [2.05, 4.69) is 12.0 Å². The van der Waals surface area contributed by atoms with Crippen LogP contribution in [0.1, 0.15) is 60.9 Å². The molecule has 0 unspecified atom stereocenters. The molecule has 0 aromatic heterocycles. The third-order valence-electron chi connectivity index (χ3n) is 3.12. The Morgan fingerprint density at radius 3 is 2.50 bits per heavy atom. The van der Waals surface area contributed by atoms with Crippen LogP contribution in [0.25, 0.3) is 0 Å². The molecule has 0 N–H and O–H groups in total. The van der Waals surface area contributed by atoms with Crippen LogP contribution in [0.15, 0.2) is 24.3 Å². The van der Waals surface area contributed by atoms with Gasteiger partial charge in [-0.15, -0.1) is 12.3 Å². The number of carbonyl (C=O) groups excluding carboxylic acids is 1. The largest absolute Gasteiger partial charge is 0.298 e. The van der Waals surface area contributed by atoms with Crippen molar-refractivity contribution in [1.82, 2.24) is 0 Å². The van der Waals surface area contributed by atoms with E-state index in [0.717, 1.165) is 31.1 Å². The summed E-state index contributed by atoms with van der Waals surface area (Å²) in [6, 6.07) is 7.89. The Morgan fingerprint density at radius 2 is 1.78 bits per heavy atom. The number of hydrogen-bond acceptors (Lipinski definition) is 1. The van der Waals surface area contributed by atoms with E-state index in [0.29, 0.717) is 0 Å². The number of terminal acetylenes is 1. The summed E-state index contributed by atoms with van der Waals surface area (Å²) >= 11 is 0. The van der Waals surface area contributed by atoms with Crippen molar-refractivity contribution in [3.63, 3.8) is 0 Å². The Hall–Kier alpha value is -1.55. The van der Waals surface area contributed by atoms with E-state index in [-0.39, 0.29) is 0 Å². The van der Waals surface area contributed by atoms with E-state index in [9.17, 15) is 4.79 Å². The minimum absolute atomic E-state index is 0.779. The predicted molar refractivity (Wildman–Crippen MR) is 76.7 cm³/mol. The van der Waals surface area contributed by atoms with Gasteiger partial charge in [-0.3, -0.25) is 4.79 Å². The van der Waals surface area contributed by atoms with Gasteiger partial charge in [0.05, 0.1) is 0 Å². The van der Waals surface area contributed by atoms with Gasteiger partial charge in [-0.05, 0) is 30.9 Å². The molecular weight excluding hydrogens is 220 g/mol. The molecular formula is C17H22O. The first kappa shape index (κ1) is 14.5. The van der Waals surface area contributed by atoms with Crippen LogP contribution in [0.4, 0.5) is 0 Å². The monoisotopic (exact) mass is 242 g/mol. The van der Waals surface area contributed by atoms with Crippen LogP contribution in [0, 0.1) is 12.3 Å². The number of hydrogen-bond donors (Lipinski definition) is 0. The van der Waals surface area contributed by atoms with Crippen LogP contribution in [-0.2, 0) is 6.42 Å². The van der Waals surface area contributed by atoms with Gasteiger partial charge in [0.15, 0.2) is 0 Å². The van der Waals surface area contributed by atoms with E-state index in [4.69, 9.17) is 6.42 Å². The fourth-order valence-electron chi connectivity index (χ4n) is 2.09. The maximum absolute atomic E-state index is 10.6. The van der Waals surface area contributed by atoms with Crippen LogP contribution in [0.5, 0.6) is 0 Å². The van der Waals surface area contributed by atoms with Crippen LogP contribution in [0.3, 0.4) is 0 Å². The van der Waals surface area contributed by atoms with Gasteiger partial charge in [-0.2, -0.15) is 0 Å². The molecule has 0 heterocycles. The number of aryl methyl sites for hydroxylation is 1. The van der Waals surface area contributed by atoms with Crippen molar-refractivity contribution in [3.05, 3.63) is 35.4 Å². The molecule has 0 spiro atoms. The summed E-state index contributed by atoms with van der Waals surface area (Å²) in [5.41, 5.74) is 2.05. The third kappa shape index (κ3) is 6.25. The molecule has 0 fully saturated rings. The molecule has 96 valence electrons. The molecule has 0 radical (unpaired) electrons. The van der Waals surface area contributed by atoms with Crippen molar-refractivity contribution in [2.24, 2.45) is 0 Å². The minimum Gasteiger partial charge on any atom is -0.298 e. The fourth-order valence-corrected chi connectivity index (χ4v) is 2.09. The molecule has 0 amide bonds. The number of unbranched alkanes of at least 4 members (excludes halogenated alkanes) is 6. The van der Waals surface area contributed by atoms with Gasteiger partial charge in [-0.25, -0.2) is 0 Å². The van der Waals surface area contributed by atoms with Crippen molar-refractivity contribution < 1.29 is 4.79 Å². The smallest absolute Gasteiger partial charge is 0.150 e. The summed E-state index contributed by atoms with van der Waals surface area (Å²) in [6.07, 6.45) is 15.6. The molecule has 0 atom stereocenters. The Morgan fingerprint density at radius 1 is 1.06 bits per heavy atom. The highest BCUT2D eigenvalue weighted by Crippen LogP contribution is 2.11. The predicted octanol–water partition coefficient (Wildman–Crippen LogP) is 4.41. The molecule has 1 heteroatoms. The van der Waals surface area contributed by atoms with E-state index < -0.39 is 0 Å². The molecule has 0 aliphatic rings. The van der Waals surface area contributed by atoms with Crippen LogP contribution < -0.4 is 0 Å². The molecule has 18 heavy (non-hydrogen) atoms. The standard InChI is InChI=1S/C17H22O/c1-2-3-4-5-6-7-8-9-11-16-12-10-13-17(14-16)15-18/h1,10,12-15H,3-9,11H2. The second kappa shape index (κ2) is 9.48. The van der Waals surface area contributed by atoms with Gasteiger partial charge in [0.2, 0.25) is 0 Å². The van der Waals surface area contributed by atoms with Crippen molar-refractivity contribution >= 4 is 6.29 Å². The van der Waals surface area contributed by atoms with Crippen molar-refractivity contribution in [1.29, 1.82) is 0 Å². The summed E-state index contributed by atoms with van der Waals surface area (Å²) in [4.78, 5) is 10.6. The average Bonchev–Trinajstić information content (AvgIpc) is 2.42. The van der Waals surface area contributed by atoms with Gasteiger partial charge in [0, 0.05) is 12.0 Å². The third-order valence-corrected chi connectivity index (χ3v) is 3.12. The molecule has 0 aliphatic carbocycles. The van der Waals surface area contributed by atoms with E-state index in [1.165, 1.54) is 37.7 Å². The zero-order valence-corrected chi connectivity index (χ0v) is 11.0. The fraction of sp³-hybridized carbons (Fsp3) is 0.471. The molecule has 0 aliphatic heterocycles. The van der Waals surface area contributed by atoms with Crippen molar-refractivity contribution in [3.8, 4) is 12.3 Å². The molecule has 1 rings (SSSR count). The van der Waals surface area contributed by atoms with Crippen LogP contribution >= 0.6 is 0 Å². The first-order valence-corrected chi connectivity index (χ1v) is 6.84. The topological polar surface area (TPSA) is 17.1 Å². The lowest BCUT2D eigenvalue weighted by Gasteiger charge is -2.02. The summed E-state index contributed by atoms with van der Waals surface area (Å²) in [6.45, 7) is 0. The lowest BCUT2D eigenvalue weighted by Crippen LogP contribution is -1.88. The SMILES string of the molecule is C#CCCCCCCCCc1cccc(C=O)c1. The molecule has 1 aromatic rings. The normalized spacial score (nSPS) is 9.94. The number of rotatable bonds is 9. The highest BCUT2D eigenvalue weighted by Gasteiger charge is 1.96. The quantitative estimate of drug-likeness (QED) is 0.356. The van der Waals surface area contributed by atoms with E-state index in [1.54, 1.807) is 0 Å². The summed E-state index contributed by atoms with van der Waals surface area (Å²) in [5.74, 6) is 2.67. The first-order valence-electron chi connectivity index (χ1n) is 6.84. The maximum atomic E-state index is 10.6. The number of benzene rings is 1. The summed E-state index contributed by atoms with van der Waals surface area (Å²) in [7, 11) is 0. The Bertz CT molecular complexity index is 387. The minimum atomic E-state index is 0.779. The molecule has 0 bridgehead atoms. The second-order valence-corrected chi connectivity index (χ2v) is 4.69.